The molecule has 0 aromatic heterocycles. The number of nitrogens with two attached hydrogens (primary N) is 1. The summed E-state index contributed by atoms with van der Waals surface area (Å²) >= 11 is 0. The number of nitrogens with zero attached hydrogens (tertiary/aromatic N) is 1. The third kappa shape index (κ3) is 5.23. The van der Waals surface area contributed by atoms with Crippen LogP contribution in [0.2, 0.25) is 0 Å². The van der Waals surface area contributed by atoms with Crippen LogP contribution in [0.5, 0.6) is 0 Å². The molecule has 5 unspecified atom stereocenters. The highest BCUT2D eigenvalue weighted by molar-refractivity contribution is 5.79. The molecule has 5 atom stereocenters. The summed E-state index contributed by atoms with van der Waals surface area (Å²) in [6.07, 6.45) is 4.67. The van der Waals surface area contributed by atoms with Crippen LogP contribution in [0.25, 0.3) is 0 Å². The van der Waals surface area contributed by atoms with Crippen LogP contribution >= 0.6 is 0 Å². The van der Waals surface area contributed by atoms with Gasteiger partial charge in [0.05, 0.1) is 11.8 Å². The molecule has 2 fully saturated rings. The van der Waals surface area contributed by atoms with Gasteiger partial charge in [-0.25, -0.2) is 5.01 Å². The average molecular weight is 388 g/mol. The van der Waals surface area contributed by atoms with Gasteiger partial charge >= 0.3 is 6.18 Å². The number of hydrogen-bond acceptors (Lipinski definition) is 4. The van der Waals surface area contributed by atoms with E-state index < -0.39 is 12.1 Å². The van der Waals surface area contributed by atoms with Gasteiger partial charge in [0.1, 0.15) is 0 Å². The van der Waals surface area contributed by atoms with Crippen molar-refractivity contribution in [3.05, 3.63) is 12.2 Å². The lowest BCUT2D eigenvalue weighted by molar-refractivity contribution is -0.164. The maximum absolute atomic E-state index is 12.8. The normalized spacial score (nSPS) is 35.3. The van der Waals surface area contributed by atoms with Gasteiger partial charge in [-0.3, -0.25) is 10.2 Å². The van der Waals surface area contributed by atoms with E-state index >= 15 is 0 Å². The third-order valence-corrected chi connectivity index (χ3v) is 6.26. The molecular formula is C19H31F3N4O. The molecule has 3 rings (SSSR count). The number of hydrogen-bond donors (Lipinski definition) is 3. The fourth-order valence-corrected chi connectivity index (χ4v) is 4.62. The lowest BCUT2D eigenvalue weighted by Gasteiger charge is -2.33. The van der Waals surface area contributed by atoms with Gasteiger partial charge in [-0.2, -0.15) is 13.2 Å². The third-order valence-electron chi connectivity index (χ3n) is 6.26. The minimum Gasteiger partial charge on any atom is -0.353 e. The van der Waals surface area contributed by atoms with Gasteiger partial charge in [0, 0.05) is 25.2 Å². The smallest absolute Gasteiger partial charge is 0.353 e. The Balaban J connectivity index is 1.50. The second-order valence-corrected chi connectivity index (χ2v) is 8.13. The van der Waals surface area contributed by atoms with Crippen molar-refractivity contribution in [1.29, 1.82) is 0 Å². The van der Waals surface area contributed by atoms with Gasteiger partial charge in [0.25, 0.3) is 0 Å². The molecule has 4 N–H and O–H groups in total. The van der Waals surface area contributed by atoms with Gasteiger partial charge in [-0.1, -0.05) is 25.0 Å². The van der Waals surface area contributed by atoms with E-state index in [1.165, 1.54) is 12.5 Å². The summed E-state index contributed by atoms with van der Waals surface area (Å²) in [5, 5.41) is 5.14. The second kappa shape index (κ2) is 8.92. The van der Waals surface area contributed by atoms with Crippen molar-refractivity contribution >= 4 is 5.91 Å². The lowest BCUT2D eigenvalue weighted by Crippen LogP contribution is -2.46. The van der Waals surface area contributed by atoms with Crippen LogP contribution in [-0.4, -0.2) is 48.8 Å². The monoisotopic (exact) mass is 388 g/mol. The molecule has 3 aliphatic rings. The van der Waals surface area contributed by atoms with Crippen molar-refractivity contribution < 1.29 is 18.0 Å². The lowest BCUT2D eigenvalue weighted by atomic mass is 9.82. The Kier molecular flexibility index (Phi) is 6.81. The summed E-state index contributed by atoms with van der Waals surface area (Å²) in [4.78, 5) is 12.7. The van der Waals surface area contributed by atoms with Crippen molar-refractivity contribution in [1.82, 2.24) is 15.8 Å². The van der Waals surface area contributed by atoms with Crippen molar-refractivity contribution in [2.24, 2.45) is 23.5 Å². The zero-order chi connectivity index (χ0) is 19.4. The van der Waals surface area contributed by atoms with Crippen LogP contribution in [-0.2, 0) is 4.79 Å². The Morgan fingerprint density at radius 1 is 1.19 bits per heavy atom. The molecule has 5 nitrogen and oxygen atoms in total. The van der Waals surface area contributed by atoms with Crippen LogP contribution in [0.1, 0.15) is 44.9 Å². The van der Waals surface area contributed by atoms with E-state index in [0.717, 1.165) is 25.7 Å². The molecule has 1 saturated heterocycles. The zero-order valence-corrected chi connectivity index (χ0v) is 15.7. The standard InChI is InChI=1S/C19H31F3N4O/c20-19(21,22)15-5-7-16(8-6-15)26-12-14(11-24-26)18(27)25-17-4-2-1-3-13(17)9-10-23/h5,7,13-17,24H,1-4,6,8-12,23H2,(H,25,27). The first-order valence-corrected chi connectivity index (χ1v) is 10.1. The van der Waals surface area contributed by atoms with Crippen LogP contribution in [0, 0.1) is 17.8 Å². The Hall–Kier alpha value is -1.12. The summed E-state index contributed by atoms with van der Waals surface area (Å²) in [6, 6.07) is 0.118. The number of allylic oxidation sites excluding steroid dienone is 1. The maximum atomic E-state index is 12.8. The molecule has 1 amide bonds. The Bertz CT molecular complexity index is 538. The molecule has 0 aromatic rings. The van der Waals surface area contributed by atoms with Gasteiger partial charge in [-0.05, 0) is 44.6 Å². The van der Waals surface area contributed by atoms with Gasteiger partial charge in [0.15, 0.2) is 0 Å². The van der Waals surface area contributed by atoms with E-state index in [1.54, 1.807) is 6.08 Å². The molecule has 1 aliphatic heterocycles. The van der Waals surface area contributed by atoms with E-state index in [1.807, 2.05) is 5.01 Å². The van der Waals surface area contributed by atoms with Crippen molar-refractivity contribution in [3.63, 3.8) is 0 Å². The molecule has 27 heavy (non-hydrogen) atoms. The van der Waals surface area contributed by atoms with Crippen molar-refractivity contribution in [2.45, 2.75) is 63.2 Å². The van der Waals surface area contributed by atoms with Crippen molar-refractivity contribution in [2.75, 3.05) is 19.6 Å². The number of rotatable bonds is 5. The number of amides is 1. The van der Waals surface area contributed by atoms with Crippen LogP contribution in [0.3, 0.4) is 0 Å². The first-order chi connectivity index (χ1) is 12.9. The number of alkyl halides is 3. The highest BCUT2D eigenvalue weighted by Gasteiger charge is 2.41. The second-order valence-electron chi connectivity index (χ2n) is 8.13. The zero-order valence-electron chi connectivity index (χ0n) is 15.7. The van der Waals surface area contributed by atoms with E-state index in [2.05, 4.69) is 10.7 Å². The van der Waals surface area contributed by atoms with Gasteiger partial charge in [0.2, 0.25) is 5.91 Å². The Morgan fingerprint density at radius 2 is 1.96 bits per heavy atom. The summed E-state index contributed by atoms with van der Waals surface area (Å²) in [6.45, 7) is 1.71. The van der Waals surface area contributed by atoms with Crippen LogP contribution in [0.4, 0.5) is 13.2 Å². The Labute approximate surface area is 158 Å². The molecule has 0 aromatic carbocycles. The molecule has 154 valence electrons. The molecule has 8 heteroatoms. The fraction of sp³-hybridized carbons (Fsp3) is 0.842. The number of halogens is 3. The van der Waals surface area contributed by atoms with E-state index in [4.69, 9.17) is 5.73 Å². The van der Waals surface area contributed by atoms with E-state index in [9.17, 15) is 18.0 Å². The largest absolute Gasteiger partial charge is 0.395 e. The quantitative estimate of drug-likeness (QED) is 0.633. The van der Waals surface area contributed by atoms with E-state index in [-0.39, 0.29) is 30.3 Å². The summed E-state index contributed by atoms with van der Waals surface area (Å²) in [5.74, 6) is -1.01. The fourth-order valence-electron chi connectivity index (χ4n) is 4.62. The summed E-state index contributed by atoms with van der Waals surface area (Å²) in [5.41, 5.74) is 8.91. The first kappa shape index (κ1) is 20.6. The molecule has 0 radical (unpaired) electrons. The number of carbonyl (C=O) groups excluding carboxylic acids is 1. The number of nitrogens with one attached hydrogen (secondary N) is 2. The number of hydrazine groups is 1. The molecular weight excluding hydrogens is 357 g/mol. The minimum absolute atomic E-state index is 0.0480. The molecule has 0 spiro atoms. The first-order valence-electron chi connectivity index (χ1n) is 10.1. The van der Waals surface area contributed by atoms with Crippen LogP contribution in [0.15, 0.2) is 12.2 Å². The average Bonchev–Trinajstić information content (AvgIpc) is 3.13. The van der Waals surface area contributed by atoms with E-state index in [0.29, 0.717) is 32.0 Å². The predicted molar refractivity (Wildman–Crippen MR) is 97.5 cm³/mol. The molecule has 0 bridgehead atoms. The number of carbonyl (C=O) groups is 1. The highest BCUT2D eigenvalue weighted by atomic mass is 19.4. The topological polar surface area (TPSA) is 70.4 Å². The summed E-state index contributed by atoms with van der Waals surface area (Å²) < 4.78 is 38.3. The van der Waals surface area contributed by atoms with Crippen molar-refractivity contribution in [3.8, 4) is 0 Å². The van der Waals surface area contributed by atoms with Gasteiger partial charge < -0.3 is 11.1 Å². The summed E-state index contributed by atoms with van der Waals surface area (Å²) in [7, 11) is 0. The molecule has 1 saturated carbocycles. The predicted octanol–water partition coefficient (Wildman–Crippen LogP) is 2.34. The maximum Gasteiger partial charge on any atom is 0.395 e. The minimum atomic E-state index is -4.16. The SMILES string of the molecule is NCCC1CCCCC1NC(=O)C1CNN(C2C=CC(C(F)(F)F)CC2)C1. The molecule has 2 aliphatic carbocycles. The van der Waals surface area contributed by atoms with Crippen LogP contribution < -0.4 is 16.5 Å². The van der Waals surface area contributed by atoms with Gasteiger partial charge in [-0.15, -0.1) is 0 Å². The molecule has 1 heterocycles. The highest BCUT2D eigenvalue weighted by Crippen LogP contribution is 2.35. The Morgan fingerprint density at radius 3 is 2.63 bits per heavy atom.